The molecule has 3 aromatic rings. The van der Waals surface area contributed by atoms with E-state index in [9.17, 15) is 14.4 Å². The molecule has 0 atom stereocenters. The third-order valence-electron chi connectivity index (χ3n) is 5.76. The van der Waals surface area contributed by atoms with E-state index in [2.05, 4.69) is 34.2 Å². The summed E-state index contributed by atoms with van der Waals surface area (Å²) in [6, 6.07) is 17.6. The molecule has 37 heavy (non-hydrogen) atoms. The SMILES string of the molecule is CCc1cc(C)cc(OCCOc2ccc(Br)cc2/C=C2\C(=O)NC(=O)N(c3cccc(C)c3)C2=O)c1. The number of carbonyl (C=O) groups is 3. The van der Waals surface area contributed by atoms with E-state index >= 15 is 0 Å². The number of rotatable bonds is 8. The Kier molecular flexibility index (Phi) is 8.08. The molecule has 3 aromatic carbocycles. The molecular weight excluding hydrogens is 536 g/mol. The highest BCUT2D eigenvalue weighted by Gasteiger charge is 2.37. The van der Waals surface area contributed by atoms with E-state index in [1.807, 2.05) is 32.0 Å². The lowest BCUT2D eigenvalue weighted by molar-refractivity contribution is -0.122. The quantitative estimate of drug-likeness (QED) is 0.214. The van der Waals surface area contributed by atoms with Crippen LogP contribution in [-0.4, -0.2) is 31.1 Å². The van der Waals surface area contributed by atoms with Gasteiger partial charge in [0.1, 0.15) is 30.3 Å². The van der Waals surface area contributed by atoms with Gasteiger partial charge in [0.15, 0.2) is 0 Å². The number of halogens is 1. The number of urea groups is 1. The number of nitrogens with zero attached hydrogens (tertiary/aromatic N) is 1. The van der Waals surface area contributed by atoms with E-state index in [0.717, 1.165) is 32.7 Å². The van der Waals surface area contributed by atoms with Crippen molar-refractivity contribution < 1.29 is 23.9 Å². The Hall–Kier alpha value is -3.91. The van der Waals surface area contributed by atoms with Gasteiger partial charge in [-0.05, 0) is 85.5 Å². The summed E-state index contributed by atoms with van der Waals surface area (Å²) >= 11 is 3.43. The predicted octanol–water partition coefficient (Wildman–Crippen LogP) is 5.75. The van der Waals surface area contributed by atoms with Gasteiger partial charge in [-0.25, -0.2) is 9.69 Å². The minimum Gasteiger partial charge on any atom is -0.490 e. The second kappa shape index (κ2) is 11.4. The van der Waals surface area contributed by atoms with Gasteiger partial charge in [0, 0.05) is 10.0 Å². The van der Waals surface area contributed by atoms with Crippen molar-refractivity contribution in [2.75, 3.05) is 18.1 Å². The van der Waals surface area contributed by atoms with Gasteiger partial charge in [-0.1, -0.05) is 41.1 Å². The molecule has 190 valence electrons. The van der Waals surface area contributed by atoms with Crippen molar-refractivity contribution in [1.29, 1.82) is 0 Å². The molecule has 0 spiro atoms. The highest BCUT2D eigenvalue weighted by atomic mass is 79.9. The first-order valence-electron chi connectivity index (χ1n) is 11.9. The van der Waals surface area contributed by atoms with Crippen molar-refractivity contribution in [3.63, 3.8) is 0 Å². The molecule has 0 unspecified atom stereocenters. The van der Waals surface area contributed by atoms with Crippen LogP contribution in [0.3, 0.4) is 0 Å². The summed E-state index contributed by atoms with van der Waals surface area (Å²) in [5.74, 6) is -0.222. The van der Waals surface area contributed by atoms with Crippen LogP contribution < -0.4 is 19.7 Å². The molecule has 0 bridgehead atoms. The first-order valence-corrected chi connectivity index (χ1v) is 12.7. The second-order valence-corrected chi connectivity index (χ2v) is 9.60. The van der Waals surface area contributed by atoms with Crippen LogP contribution in [0.4, 0.5) is 10.5 Å². The molecular formula is C29H27BrN2O5. The Balaban J connectivity index is 1.53. The highest BCUT2D eigenvalue weighted by Crippen LogP contribution is 2.28. The van der Waals surface area contributed by atoms with Crippen molar-refractivity contribution >= 4 is 45.5 Å². The van der Waals surface area contributed by atoms with Gasteiger partial charge in [-0.15, -0.1) is 0 Å². The Morgan fingerprint density at radius 2 is 1.70 bits per heavy atom. The van der Waals surface area contributed by atoms with Crippen molar-refractivity contribution in [2.45, 2.75) is 27.2 Å². The summed E-state index contributed by atoms with van der Waals surface area (Å²) in [5, 5.41) is 2.25. The fourth-order valence-electron chi connectivity index (χ4n) is 4.00. The zero-order valence-corrected chi connectivity index (χ0v) is 22.4. The summed E-state index contributed by atoms with van der Waals surface area (Å²) in [6.07, 6.45) is 2.35. The number of amides is 4. The molecule has 1 N–H and O–H groups in total. The summed E-state index contributed by atoms with van der Waals surface area (Å²) in [5.41, 5.74) is 3.92. The van der Waals surface area contributed by atoms with E-state index in [1.54, 1.807) is 36.4 Å². The molecule has 1 fully saturated rings. The van der Waals surface area contributed by atoms with E-state index in [1.165, 1.54) is 11.6 Å². The molecule has 1 aliphatic rings. The monoisotopic (exact) mass is 562 g/mol. The fraction of sp³-hybridized carbons (Fsp3) is 0.207. The Morgan fingerprint density at radius 1 is 0.919 bits per heavy atom. The topological polar surface area (TPSA) is 84.9 Å². The first-order chi connectivity index (χ1) is 17.7. The number of carbonyl (C=O) groups excluding carboxylic acids is 3. The largest absolute Gasteiger partial charge is 0.490 e. The Morgan fingerprint density at radius 3 is 2.46 bits per heavy atom. The van der Waals surface area contributed by atoms with Crippen LogP contribution in [0.2, 0.25) is 0 Å². The number of barbiturate groups is 1. The minimum atomic E-state index is -0.789. The van der Waals surface area contributed by atoms with E-state index in [4.69, 9.17) is 9.47 Å². The van der Waals surface area contributed by atoms with Gasteiger partial charge in [0.25, 0.3) is 11.8 Å². The molecule has 7 nitrogen and oxygen atoms in total. The van der Waals surface area contributed by atoms with Gasteiger partial charge < -0.3 is 9.47 Å². The number of aryl methyl sites for hydroxylation is 3. The lowest BCUT2D eigenvalue weighted by Crippen LogP contribution is -2.54. The normalized spacial score (nSPS) is 14.6. The Labute approximate surface area is 224 Å². The van der Waals surface area contributed by atoms with Crippen LogP contribution in [0.25, 0.3) is 6.08 Å². The summed E-state index contributed by atoms with van der Waals surface area (Å²) in [7, 11) is 0. The highest BCUT2D eigenvalue weighted by molar-refractivity contribution is 9.10. The zero-order valence-electron chi connectivity index (χ0n) is 20.8. The number of nitrogens with one attached hydrogen (secondary N) is 1. The van der Waals surface area contributed by atoms with Gasteiger partial charge >= 0.3 is 6.03 Å². The number of hydrogen-bond acceptors (Lipinski definition) is 5. The smallest absolute Gasteiger partial charge is 0.335 e. The lowest BCUT2D eigenvalue weighted by Gasteiger charge is -2.26. The number of imide groups is 2. The average molecular weight is 563 g/mol. The second-order valence-electron chi connectivity index (χ2n) is 8.68. The predicted molar refractivity (Wildman–Crippen MR) is 146 cm³/mol. The fourth-order valence-corrected chi connectivity index (χ4v) is 4.38. The maximum atomic E-state index is 13.3. The van der Waals surface area contributed by atoms with Crippen LogP contribution in [-0.2, 0) is 16.0 Å². The number of benzene rings is 3. The van der Waals surface area contributed by atoms with Crippen molar-refractivity contribution in [3.8, 4) is 11.5 Å². The third kappa shape index (κ3) is 6.27. The van der Waals surface area contributed by atoms with Crippen LogP contribution in [0.1, 0.15) is 29.2 Å². The van der Waals surface area contributed by atoms with Crippen molar-refractivity contribution in [1.82, 2.24) is 5.32 Å². The van der Waals surface area contributed by atoms with Crippen molar-refractivity contribution in [2.24, 2.45) is 0 Å². The molecule has 1 saturated heterocycles. The van der Waals surface area contributed by atoms with E-state index < -0.39 is 17.8 Å². The summed E-state index contributed by atoms with van der Waals surface area (Å²) in [4.78, 5) is 39.4. The maximum Gasteiger partial charge on any atom is 0.335 e. The number of hydrogen-bond donors (Lipinski definition) is 1. The minimum absolute atomic E-state index is 0.174. The lowest BCUT2D eigenvalue weighted by atomic mass is 10.1. The summed E-state index contributed by atoms with van der Waals surface area (Å²) in [6.45, 7) is 6.54. The molecule has 0 radical (unpaired) electrons. The molecule has 0 aliphatic carbocycles. The van der Waals surface area contributed by atoms with Crippen LogP contribution in [0.15, 0.2) is 70.7 Å². The van der Waals surface area contributed by atoms with E-state index in [-0.39, 0.29) is 12.2 Å². The number of anilines is 1. The number of ether oxygens (including phenoxy) is 2. The van der Waals surface area contributed by atoms with Crippen LogP contribution in [0, 0.1) is 13.8 Å². The van der Waals surface area contributed by atoms with Gasteiger partial charge in [-0.3, -0.25) is 14.9 Å². The Bertz CT molecular complexity index is 1400. The molecule has 1 heterocycles. The van der Waals surface area contributed by atoms with Gasteiger partial charge in [0.2, 0.25) is 0 Å². The van der Waals surface area contributed by atoms with E-state index in [0.29, 0.717) is 23.6 Å². The maximum absolute atomic E-state index is 13.3. The summed E-state index contributed by atoms with van der Waals surface area (Å²) < 4.78 is 12.6. The molecule has 8 heteroatoms. The molecule has 4 rings (SSSR count). The van der Waals surface area contributed by atoms with Gasteiger partial charge in [-0.2, -0.15) is 0 Å². The van der Waals surface area contributed by atoms with Crippen molar-refractivity contribution in [3.05, 3.63) is 93.0 Å². The third-order valence-corrected chi connectivity index (χ3v) is 6.25. The first kappa shape index (κ1) is 26.2. The zero-order chi connectivity index (χ0) is 26.5. The molecule has 4 amide bonds. The van der Waals surface area contributed by atoms with Crippen LogP contribution >= 0.6 is 15.9 Å². The molecule has 0 aromatic heterocycles. The van der Waals surface area contributed by atoms with Gasteiger partial charge in [0.05, 0.1) is 5.69 Å². The van der Waals surface area contributed by atoms with Crippen LogP contribution in [0.5, 0.6) is 11.5 Å². The standard InChI is InChI=1S/C29H27BrN2O5/c1-4-20-12-19(3)14-24(15-20)36-10-11-37-26-9-8-22(30)16-21(26)17-25-27(33)31-29(35)32(28(25)34)23-7-5-6-18(2)13-23/h5-9,12-17H,4,10-11H2,1-3H3,(H,31,33,35)/b25-17+. The average Bonchev–Trinajstić information content (AvgIpc) is 2.85. The molecule has 0 saturated carbocycles. The molecule has 1 aliphatic heterocycles.